The van der Waals surface area contributed by atoms with Crippen LogP contribution in [0.15, 0.2) is 6.33 Å². The van der Waals surface area contributed by atoms with E-state index in [0.717, 1.165) is 31.9 Å². The number of nitrogens with zero attached hydrogens (tertiary/aromatic N) is 4. The molecule has 0 aromatic carbocycles. The van der Waals surface area contributed by atoms with Crippen LogP contribution in [0.1, 0.15) is 20.3 Å². The highest BCUT2D eigenvalue weighted by molar-refractivity contribution is 5.67. The second-order valence-electron chi connectivity index (χ2n) is 5.04. The van der Waals surface area contributed by atoms with Crippen LogP contribution in [0.5, 0.6) is 5.88 Å². The van der Waals surface area contributed by atoms with Crippen LogP contribution in [-0.4, -0.2) is 54.2 Å². The molecule has 1 aromatic rings. The monoisotopic (exact) mass is 265 g/mol. The highest BCUT2D eigenvalue weighted by Crippen LogP contribution is 2.29. The van der Waals surface area contributed by atoms with E-state index in [4.69, 9.17) is 10.5 Å². The van der Waals surface area contributed by atoms with Crippen LogP contribution in [0, 0.1) is 0 Å². The van der Waals surface area contributed by atoms with Crippen molar-refractivity contribution in [2.75, 3.05) is 43.9 Å². The van der Waals surface area contributed by atoms with Gasteiger partial charge in [-0.2, -0.15) is 4.98 Å². The van der Waals surface area contributed by atoms with Crippen LogP contribution >= 0.6 is 0 Å². The summed E-state index contributed by atoms with van der Waals surface area (Å²) >= 11 is 0. The molecule has 6 heteroatoms. The van der Waals surface area contributed by atoms with Gasteiger partial charge in [-0.15, -0.1) is 0 Å². The van der Waals surface area contributed by atoms with Gasteiger partial charge in [-0.05, 0) is 20.4 Å². The first kappa shape index (κ1) is 13.9. The van der Waals surface area contributed by atoms with E-state index in [0.29, 0.717) is 24.2 Å². The molecule has 0 amide bonds. The van der Waals surface area contributed by atoms with Gasteiger partial charge in [0, 0.05) is 25.7 Å². The molecular formula is C13H23N5O. The van der Waals surface area contributed by atoms with Crippen molar-refractivity contribution in [3.05, 3.63) is 6.33 Å². The zero-order chi connectivity index (χ0) is 13.8. The zero-order valence-corrected chi connectivity index (χ0v) is 12.0. The third-order valence-corrected chi connectivity index (χ3v) is 3.53. The SMILES string of the molecule is CCCOc1ncnc(N2CCN(C)C(C)C2)c1N. The zero-order valence-electron chi connectivity index (χ0n) is 12.0. The van der Waals surface area contributed by atoms with Crippen molar-refractivity contribution in [2.24, 2.45) is 0 Å². The molecule has 6 nitrogen and oxygen atoms in total. The first-order valence-electron chi connectivity index (χ1n) is 6.82. The number of ether oxygens (including phenoxy) is 1. The first-order valence-corrected chi connectivity index (χ1v) is 6.82. The van der Waals surface area contributed by atoms with Crippen LogP contribution in [0.4, 0.5) is 11.5 Å². The number of hydrogen-bond acceptors (Lipinski definition) is 6. The maximum Gasteiger partial charge on any atom is 0.242 e. The standard InChI is InChI=1S/C13H23N5O/c1-4-7-19-13-11(14)12(15-9-16-13)18-6-5-17(3)10(2)8-18/h9-10H,4-8,14H2,1-3H3. The number of hydrogen-bond donors (Lipinski definition) is 1. The Bertz CT molecular complexity index is 425. The number of nitrogen functional groups attached to an aromatic ring is 1. The van der Waals surface area contributed by atoms with E-state index in [1.807, 2.05) is 0 Å². The molecular weight excluding hydrogens is 242 g/mol. The fourth-order valence-corrected chi connectivity index (χ4v) is 2.18. The lowest BCUT2D eigenvalue weighted by Crippen LogP contribution is -2.50. The molecule has 1 aliphatic heterocycles. The van der Waals surface area contributed by atoms with Crippen LogP contribution in [0.3, 0.4) is 0 Å². The van der Waals surface area contributed by atoms with Gasteiger partial charge in [0.25, 0.3) is 0 Å². The highest BCUT2D eigenvalue weighted by atomic mass is 16.5. The smallest absolute Gasteiger partial charge is 0.242 e. The van der Waals surface area contributed by atoms with E-state index in [9.17, 15) is 0 Å². The van der Waals surface area contributed by atoms with Gasteiger partial charge in [0.2, 0.25) is 5.88 Å². The molecule has 2 rings (SSSR count). The Hall–Kier alpha value is -1.56. The van der Waals surface area contributed by atoms with E-state index in [1.165, 1.54) is 6.33 Å². The van der Waals surface area contributed by atoms with Gasteiger partial charge in [0.15, 0.2) is 5.82 Å². The minimum absolute atomic E-state index is 0.489. The molecule has 1 aliphatic rings. The van der Waals surface area contributed by atoms with Crippen molar-refractivity contribution in [2.45, 2.75) is 26.3 Å². The van der Waals surface area contributed by atoms with Crippen LogP contribution in [-0.2, 0) is 0 Å². The van der Waals surface area contributed by atoms with Crippen molar-refractivity contribution in [1.29, 1.82) is 0 Å². The molecule has 1 saturated heterocycles. The number of likely N-dealkylation sites (N-methyl/N-ethyl adjacent to an activating group) is 1. The third-order valence-electron chi connectivity index (χ3n) is 3.53. The van der Waals surface area contributed by atoms with Crippen LogP contribution in [0.25, 0.3) is 0 Å². The summed E-state index contributed by atoms with van der Waals surface area (Å²) in [5, 5.41) is 0. The Balaban J connectivity index is 2.16. The molecule has 0 saturated carbocycles. The van der Waals surface area contributed by atoms with Gasteiger partial charge in [0.1, 0.15) is 12.0 Å². The molecule has 2 N–H and O–H groups in total. The lowest BCUT2D eigenvalue weighted by Gasteiger charge is -2.38. The molecule has 19 heavy (non-hydrogen) atoms. The summed E-state index contributed by atoms with van der Waals surface area (Å²) in [6, 6.07) is 0.489. The predicted octanol–water partition coefficient (Wildman–Crippen LogP) is 0.988. The Kier molecular flexibility index (Phi) is 4.42. The second-order valence-corrected chi connectivity index (χ2v) is 5.04. The predicted molar refractivity (Wildman–Crippen MR) is 76.5 cm³/mol. The summed E-state index contributed by atoms with van der Waals surface area (Å²) in [7, 11) is 2.14. The second kappa shape index (κ2) is 6.06. The van der Waals surface area contributed by atoms with Gasteiger partial charge in [0.05, 0.1) is 6.61 Å². The Labute approximate surface area is 114 Å². The van der Waals surface area contributed by atoms with Crippen molar-refractivity contribution in [1.82, 2.24) is 14.9 Å². The summed E-state index contributed by atoms with van der Waals surface area (Å²) < 4.78 is 5.55. The van der Waals surface area contributed by atoms with Gasteiger partial charge >= 0.3 is 0 Å². The third kappa shape index (κ3) is 3.07. The van der Waals surface area contributed by atoms with E-state index < -0.39 is 0 Å². The maximum absolute atomic E-state index is 6.13. The van der Waals surface area contributed by atoms with E-state index in [2.05, 4.69) is 40.7 Å². The van der Waals surface area contributed by atoms with E-state index in [-0.39, 0.29) is 0 Å². The minimum atomic E-state index is 0.489. The lowest BCUT2D eigenvalue weighted by molar-refractivity contribution is 0.233. The quantitative estimate of drug-likeness (QED) is 0.875. The number of rotatable bonds is 4. The van der Waals surface area contributed by atoms with Crippen LogP contribution in [0.2, 0.25) is 0 Å². The number of nitrogens with two attached hydrogens (primary N) is 1. The minimum Gasteiger partial charge on any atom is -0.476 e. The van der Waals surface area contributed by atoms with E-state index >= 15 is 0 Å². The molecule has 106 valence electrons. The van der Waals surface area contributed by atoms with Crippen LogP contribution < -0.4 is 15.4 Å². The fourth-order valence-electron chi connectivity index (χ4n) is 2.18. The van der Waals surface area contributed by atoms with Gasteiger partial charge in [-0.1, -0.05) is 6.92 Å². The molecule has 1 unspecified atom stereocenters. The van der Waals surface area contributed by atoms with Gasteiger partial charge in [-0.25, -0.2) is 4.98 Å². The summed E-state index contributed by atoms with van der Waals surface area (Å²) in [6.07, 6.45) is 2.46. The molecule has 0 bridgehead atoms. The molecule has 0 radical (unpaired) electrons. The summed E-state index contributed by atoms with van der Waals surface area (Å²) in [5.41, 5.74) is 6.68. The van der Waals surface area contributed by atoms with Crippen molar-refractivity contribution >= 4 is 11.5 Å². The topological polar surface area (TPSA) is 67.5 Å². The van der Waals surface area contributed by atoms with Gasteiger partial charge < -0.3 is 20.3 Å². The van der Waals surface area contributed by atoms with Gasteiger partial charge in [-0.3, -0.25) is 0 Å². The van der Waals surface area contributed by atoms with Crippen molar-refractivity contribution < 1.29 is 4.74 Å². The number of aromatic nitrogens is 2. The van der Waals surface area contributed by atoms with Crippen molar-refractivity contribution in [3.8, 4) is 5.88 Å². The molecule has 0 aliphatic carbocycles. The summed E-state index contributed by atoms with van der Waals surface area (Å²) in [4.78, 5) is 13.0. The normalized spacial score (nSPS) is 20.6. The molecule has 1 atom stereocenters. The summed E-state index contributed by atoms with van der Waals surface area (Å²) in [5.74, 6) is 1.29. The number of anilines is 2. The average Bonchev–Trinajstić information content (AvgIpc) is 2.41. The Morgan fingerprint density at radius 1 is 1.42 bits per heavy atom. The molecule has 1 aromatic heterocycles. The Morgan fingerprint density at radius 2 is 2.21 bits per heavy atom. The lowest BCUT2D eigenvalue weighted by atomic mass is 10.2. The maximum atomic E-state index is 6.13. The van der Waals surface area contributed by atoms with Crippen molar-refractivity contribution in [3.63, 3.8) is 0 Å². The van der Waals surface area contributed by atoms with E-state index in [1.54, 1.807) is 0 Å². The number of piperazine rings is 1. The first-order chi connectivity index (χ1) is 9.13. The molecule has 2 heterocycles. The summed E-state index contributed by atoms with van der Waals surface area (Å²) in [6.45, 7) is 7.74. The molecule has 0 spiro atoms. The average molecular weight is 265 g/mol. The highest BCUT2D eigenvalue weighted by Gasteiger charge is 2.24. The Morgan fingerprint density at radius 3 is 2.89 bits per heavy atom. The largest absolute Gasteiger partial charge is 0.476 e. The fraction of sp³-hybridized carbons (Fsp3) is 0.692. The molecule has 1 fully saturated rings.